The number of aliphatic carboxylic acids is 1. The van der Waals surface area contributed by atoms with Crippen molar-refractivity contribution in [3.8, 4) is 5.75 Å². The van der Waals surface area contributed by atoms with Crippen molar-refractivity contribution >= 4 is 11.7 Å². The Morgan fingerprint density at radius 2 is 1.85 bits per heavy atom. The summed E-state index contributed by atoms with van der Waals surface area (Å²) in [6, 6.07) is 7.08. The molecule has 0 aliphatic rings. The van der Waals surface area contributed by atoms with Crippen molar-refractivity contribution in [2.24, 2.45) is 0 Å². The van der Waals surface area contributed by atoms with Gasteiger partial charge in [0, 0.05) is 6.07 Å². The molecule has 1 unspecified atom stereocenters. The number of anilines is 1. The van der Waals surface area contributed by atoms with Crippen LogP contribution in [0.3, 0.4) is 0 Å². The molecule has 20 heavy (non-hydrogen) atoms. The molecule has 0 fully saturated rings. The van der Waals surface area contributed by atoms with Crippen LogP contribution in [0.25, 0.3) is 0 Å². The van der Waals surface area contributed by atoms with Gasteiger partial charge in [0.2, 0.25) is 0 Å². The molecule has 0 bridgehead atoms. The maximum absolute atomic E-state index is 13.5. The van der Waals surface area contributed by atoms with Crippen LogP contribution in [-0.4, -0.2) is 16.2 Å². The van der Waals surface area contributed by atoms with E-state index in [1.54, 1.807) is 0 Å². The van der Waals surface area contributed by atoms with Crippen LogP contribution in [0.1, 0.15) is 11.6 Å². The average molecular weight is 279 g/mol. The Hall–Kier alpha value is -2.63. The van der Waals surface area contributed by atoms with E-state index in [2.05, 4.69) is 5.32 Å². The van der Waals surface area contributed by atoms with Gasteiger partial charge in [-0.3, -0.25) is 0 Å². The molecular formula is C14H11F2NO3. The van der Waals surface area contributed by atoms with Gasteiger partial charge in [-0.1, -0.05) is 12.1 Å². The third-order valence-corrected chi connectivity index (χ3v) is 2.66. The van der Waals surface area contributed by atoms with E-state index < -0.39 is 29.4 Å². The van der Waals surface area contributed by atoms with Gasteiger partial charge in [0.05, 0.1) is 5.69 Å². The predicted molar refractivity (Wildman–Crippen MR) is 68.5 cm³/mol. The zero-order valence-corrected chi connectivity index (χ0v) is 10.2. The van der Waals surface area contributed by atoms with Crippen LogP contribution < -0.4 is 5.32 Å². The quantitative estimate of drug-likeness (QED) is 0.805. The fourth-order valence-electron chi connectivity index (χ4n) is 1.78. The van der Waals surface area contributed by atoms with E-state index in [0.717, 1.165) is 18.2 Å². The summed E-state index contributed by atoms with van der Waals surface area (Å²) >= 11 is 0. The van der Waals surface area contributed by atoms with Crippen molar-refractivity contribution < 1.29 is 23.8 Å². The van der Waals surface area contributed by atoms with E-state index >= 15 is 0 Å². The Morgan fingerprint density at radius 3 is 2.45 bits per heavy atom. The number of para-hydroxylation sites is 1. The first-order valence-electron chi connectivity index (χ1n) is 5.70. The first-order chi connectivity index (χ1) is 9.47. The van der Waals surface area contributed by atoms with E-state index in [9.17, 15) is 23.8 Å². The minimum Gasteiger partial charge on any atom is -0.508 e. The van der Waals surface area contributed by atoms with E-state index in [1.165, 1.54) is 24.3 Å². The van der Waals surface area contributed by atoms with E-state index in [1.807, 2.05) is 0 Å². The monoisotopic (exact) mass is 279 g/mol. The Labute approximate surface area is 113 Å². The number of phenolic OH excluding ortho intramolecular Hbond substituents is 1. The number of aromatic hydroxyl groups is 1. The van der Waals surface area contributed by atoms with Gasteiger partial charge >= 0.3 is 5.97 Å². The minimum absolute atomic E-state index is 0.0155. The first kappa shape index (κ1) is 13.8. The molecule has 0 aliphatic carbocycles. The summed E-state index contributed by atoms with van der Waals surface area (Å²) in [5.74, 6) is -3.12. The van der Waals surface area contributed by atoms with Gasteiger partial charge in [0.15, 0.2) is 6.04 Å². The highest BCUT2D eigenvalue weighted by molar-refractivity contribution is 5.79. The third-order valence-electron chi connectivity index (χ3n) is 2.66. The van der Waals surface area contributed by atoms with Crippen molar-refractivity contribution in [3.63, 3.8) is 0 Å². The SMILES string of the molecule is O=C(O)C(Nc1ccccc1F)c1cc(O)cc(F)c1. The maximum Gasteiger partial charge on any atom is 0.330 e. The standard InChI is InChI=1S/C14H11F2NO3/c15-9-5-8(6-10(18)7-9)13(14(19)20)17-12-4-2-1-3-11(12)16/h1-7,13,17-18H,(H,19,20). The zero-order valence-electron chi connectivity index (χ0n) is 10.2. The predicted octanol–water partition coefficient (Wildman–Crippen LogP) is 2.91. The van der Waals surface area contributed by atoms with E-state index in [4.69, 9.17) is 0 Å². The zero-order chi connectivity index (χ0) is 14.7. The molecule has 2 rings (SSSR count). The number of hydrogen-bond acceptors (Lipinski definition) is 3. The summed E-state index contributed by atoms with van der Waals surface area (Å²) in [7, 11) is 0. The molecule has 6 heteroatoms. The Morgan fingerprint density at radius 1 is 1.15 bits per heavy atom. The van der Waals surface area contributed by atoms with Gasteiger partial charge < -0.3 is 15.5 Å². The summed E-state index contributed by atoms with van der Waals surface area (Å²) in [5, 5.41) is 20.9. The number of phenols is 1. The third kappa shape index (κ3) is 3.03. The molecular weight excluding hydrogens is 268 g/mol. The van der Waals surface area contributed by atoms with Crippen LogP contribution in [0.2, 0.25) is 0 Å². The van der Waals surface area contributed by atoms with Crippen molar-refractivity contribution in [2.75, 3.05) is 5.32 Å². The largest absolute Gasteiger partial charge is 0.508 e. The topological polar surface area (TPSA) is 69.6 Å². The lowest BCUT2D eigenvalue weighted by Crippen LogP contribution is -2.21. The Bertz CT molecular complexity index is 626. The van der Waals surface area contributed by atoms with Gasteiger partial charge in [0.1, 0.15) is 17.4 Å². The van der Waals surface area contributed by atoms with Crippen LogP contribution in [-0.2, 0) is 4.79 Å². The molecule has 0 aliphatic heterocycles. The van der Waals surface area contributed by atoms with Gasteiger partial charge in [-0.05, 0) is 29.8 Å². The average Bonchev–Trinajstić information content (AvgIpc) is 2.36. The van der Waals surface area contributed by atoms with Crippen molar-refractivity contribution in [3.05, 3.63) is 59.7 Å². The molecule has 0 heterocycles. The van der Waals surface area contributed by atoms with Gasteiger partial charge in [-0.15, -0.1) is 0 Å². The Balaban J connectivity index is 2.37. The number of carboxylic acid groups (broad SMARTS) is 1. The second-order valence-corrected chi connectivity index (χ2v) is 4.14. The van der Waals surface area contributed by atoms with Gasteiger partial charge in [-0.25, -0.2) is 13.6 Å². The smallest absolute Gasteiger partial charge is 0.330 e. The van der Waals surface area contributed by atoms with Gasteiger partial charge in [-0.2, -0.15) is 0 Å². The maximum atomic E-state index is 13.5. The summed E-state index contributed by atoms with van der Waals surface area (Å²) in [5.41, 5.74) is -0.0399. The molecule has 0 saturated heterocycles. The van der Waals surface area contributed by atoms with E-state index in [-0.39, 0.29) is 11.3 Å². The van der Waals surface area contributed by atoms with Crippen LogP contribution in [0.15, 0.2) is 42.5 Å². The molecule has 0 radical (unpaired) electrons. The highest BCUT2D eigenvalue weighted by atomic mass is 19.1. The molecule has 104 valence electrons. The highest BCUT2D eigenvalue weighted by Crippen LogP contribution is 2.25. The summed E-state index contributed by atoms with van der Waals surface area (Å²) in [6.07, 6.45) is 0. The number of benzene rings is 2. The molecule has 0 saturated carbocycles. The first-order valence-corrected chi connectivity index (χ1v) is 5.70. The molecule has 2 aromatic rings. The van der Waals surface area contributed by atoms with Crippen LogP contribution in [0, 0.1) is 11.6 Å². The van der Waals surface area contributed by atoms with Crippen LogP contribution in [0.4, 0.5) is 14.5 Å². The normalized spacial score (nSPS) is 11.9. The fraction of sp³-hybridized carbons (Fsp3) is 0.0714. The summed E-state index contributed by atoms with van der Waals surface area (Å²) in [6.45, 7) is 0. The molecule has 2 aromatic carbocycles. The summed E-state index contributed by atoms with van der Waals surface area (Å²) in [4.78, 5) is 11.2. The fourth-order valence-corrected chi connectivity index (χ4v) is 1.78. The Kier molecular flexibility index (Phi) is 3.84. The van der Waals surface area contributed by atoms with Crippen LogP contribution >= 0.6 is 0 Å². The van der Waals surface area contributed by atoms with Crippen molar-refractivity contribution in [2.45, 2.75) is 6.04 Å². The second kappa shape index (κ2) is 5.56. The second-order valence-electron chi connectivity index (χ2n) is 4.14. The molecule has 1 atom stereocenters. The number of carbonyl (C=O) groups is 1. The lowest BCUT2D eigenvalue weighted by atomic mass is 10.1. The van der Waals surface area contributed by atoms with Crippen molar-refractivity contribution in [1.29, 1.82) is 0 Å². The molecule has 3 N–H and O–H groups in total. The van der Waals surface area contributed by atoms with Crippen molar-refractivity contribution in [1.82, 2.24) is 0 Å². The van der Waals surface area contributed by atoms with E-state index in [0.29, 0.717) is 0 Å². The summed E-state index contributed by atoms with van der Waals surface area (Å²) < 4.78 is 26.7. The van der Waals surface area contributed by atoms with Crippen LogP contribution in [0.5, 0.6) is 5.75 Å². The number of hydrogen-bond donors (Lipinski definition) is 3. The number of nitrogens with one attached hydrogen (secondary N) is 1. The lowest BCUT2D eigenvalue weighted by Gasteiger charge is -2.17. The number of halogens is 2. The number of carboxylic acids is 1. The molecule has 0 aromatic heterocycles. The molecule has 0 amide bonds. The molecule has 0 spiro atoms. The molecule has 4 nitrogen and oxygen atoms in total. The number of rotatable bonds is 4. The van der Waals surface area contributed by atoms with Gasteiger partial charge in [0.25, 0.3) is 0 Å². The lowest BCUT2D eigenvalue weighted by molar-refractivity contribution is -0.138. The minimum atomic E-state index is -1.38. The highest BCUT2D eigenvalue weighted by Gasteiger charge is 2.22.